The lowest BCUT2D eigenvalue weighted by Crippen LogP contribution is -1.84. The molecule has 0 spiro atoms. The molecular weight excluding hydrogens is 145 g/mol. The molecule has 9 heavy (non-hydrogen) atoms. The largest absolute Gasteiger partial charge is 0.469 e. The Bertz CT molecular complexity index is 89.8. The molecule has 58 valence electrons. The standard InChI is InChI=1S/C2H7O4P.CH5N/c1-2-6-7(3,4)5;1-2/h2H2,1H3,(H2,3,4,5);2H2,1H3. The molecule has 0 aromatic rings. The molecule has 4 N–H and O–H groups in total. The molecule has 0 saturated carbocycles. The summed E-state index contributed by atoms with van der Waals surface area (Å²) in [6.07, 6.45) is 0. The van der Waals surface area contributed by atoms with Crippen molar-refractivity contribution in [3.63, 3.8) is 0 Å². The molecule has 0 saturated heterocycles. The molecule has 0 aliphatic carbocycles. The normalized spacial score (nSPS) is 9.89. The van der Waals surface area contributed by atoms with Crippen LogP contribution in [0.3, 0.4) is 0 Å². The van der Waals surface area contributed by atoms with E-state index in [1.165, 1.54) is 14.0 Å². The van der Waals surface area contributed by atoms with Gasteiger partial charge in [-0.05, 0) is 14.0 Å². The topological polar surface area (TPSA) is 92.8 Å². The lowest BCUT2D eigenvalue weighted by molar-refractivity contribution is 0.206. The van der Waals surface area contributed by atoms with Crippen LogP contribution >= 0.6 is 7.82 Å². The van der Waals surface area contributed by atoms with Gasteiger partial charge in [0.15, 0.2) is 0 Å². The van der Waals surface area contributed by atoms with Gasteiger partial charge in [0.1, 0.15) is 0 Å². The van der Waals surface area contributed by atoms with Crippen molar-refractivity contribution in [2.75, 3.05) is 13.7 Å². The van der Waals surface area contributed by atoms with Crippen molar-refractivity contribution in [1.82, 2.24) is 0 Å². The molecule has 0 atom stereocenters. The molecule has 0 rings (SSSR count). The Labute approximate surface area is 54.1 Å². The summed E-state index contributed by atoms with van der Waals surface area (Å²) < 4.78 is 13.6. The fraction of sp³-hybridized carbons (Fsp3) is 1.00. The highest BCUT2D eigenvalue weighted by molar-refractivity contribution is 7.46. The van der Waals surface area contributed by atoms with Gasteiger partial charge in [-0.15, -0.1) is 0 Å². The molecule has 5 nitrogen and oxygen atoms in total. The SMILES string of the molecule is CCOP(=O)(O)O.CN. The van der Waals surface area contributed by atoms with Crippen LogP contribution in [0.4, 0.5) is 0 Å². The molecule has 0 radical (unpaired) electrons. The molecular formula is C3H12NO4P. The summed E-state index contributed by atoms with van der Waals surface area (Å²) in [5.74, 6) is 0. The smallest absolute Gasteiger partial charge is 0.333 e. The van der Waals surface area contributed by atoms with Crippen LogP contribution < -0.4 is 5.73 Å². The Hall–Kier alpha value is 0.0700. The molecule has 6 heteroatoms. The van der Waals surface area contributed by atoms with E-state index in [0.717, 1.165) is 0 Å². The van der Waals surface area contributed by atoms with Gasteiger partial charge >= 0.3 is 7.82 Å². The van der Waals surface area contributed by atoms with Crippen LogP contribution in [-0.4, -0.2) is 23.4 Å². The molecule has 0 heterocycles. The zero-order valence-corrected chi connectivity index (χ0v) is 6.34. The van der Waals surface area contributed by atoms with Crippen LogP contribution in [0.1, 0.15) is 6.92 Å². The average molecular weight is 157 g/mol. The van der Waals surface area contributed by atoms with Gasteiger partial charge in [-0.1, -0.05) is 0 Å². The number of phosphoric ester groups is 1. The second-order valence-electron chi connectivity index (χ2n) is 0.908. The lowest BCUT2D eigenvalue weighted by atomic mass is 10.9. The van der Waals surface area contributed by atoms with Gasteiger partial charge in [-0.3, -0.25) is 4.52 Å². The monoisotopic (exact) mass is 157 g/mol. The van der Waals surface area contributed by atoms with E-state index in [0.29, 0.717) is 0 Å². The first-order valence-corrected chi connectivity index (χ1v) is 3.87. The Balaban J connectivity index is 0. The van der Waals surface area contributed by atoms with Crippen molar-refractivity contribution in [3.05, 3.63) is 0 Å². The van der Waals surface area contributed by atoms with Crippen molar-refractivity contribution in [3.8, 4) is 0 Å². The zero-order chi connectivity index (χ0) is 7.91. The molecule has 0 fully saturated rings. The highest BCUT2D eigenvalue weighted by atomic mass is 31.2. The van der Waals surface area contributed by atoms with E-state index < -0.39 is 7.82 Å². The number of rotatable bonds is 2. The van der Waals surface area contributed by atoms with E-state index in [1.807, 2.05) is 0 Å². The number of hydrogen-bond acceptors (Lipinski definition) is 3. The van der Waals surface area contributed by atoms with Gasteiger partial charge in [0.25, 0.3) is 0 Å². The summed E-state index contributed by atoms with van der Waals surface area (Å²) in [6, 6.07) is 0. The fourth-order valence-corrected chi connectivity index (χ4v) is 0.505. The van der Waals surface area contributed by atoms with Crippen molar-refractivity contribution >= 4 is 7.82 Å². The third-order valence-electron chi connectivity index (χ3n) is 0.297. The van der Waals surface area contributed by atoms with Crippen LogP contribution in [0.25, 0.3) is 0 Å². The van der Waals surface area contributed by atoms with Crippen molar-refractivity contribution in [1.29, 1.82) is 0 Å². The molecule has 0 aromatic carbocycles. The maximum Gasteiger partial charge on any atom is 0.469 e. The Morgan fingerprint density at radius 3 is 1.89 bits per heavy atom. The van der Waals surface area contributed by atoms with Gasteiger partial charge in [0.05, 0.1) is 6.61 Å². The third-order valence-corrected chi connectivity index (χ3v) is 0.892. The number of hydrogen-bond donors (Lipinski definition) is 3. The minimum atomic E-state index is -4.17. The van der Waals surface area contributed by atoms with Gasteiger partial charge in [-0.25, -0.2) is 4.57 Å². The van der Waals surface area contributed by atoms with E-state index >= 15 is 0 Å². The quantitative estimate of drug-likeness (QED) is 0.478. The molecule has 0 aromatic heterocycles. The zero-order valence-electron chi connectivity index (χ0n) is 5.44. The summed E-state index contributed by atoms with van der Waals surface area (Å²) in [5, 5.41) is 0. The van der Waals surface area contributed by atoms with Crippen LogP contribution in [0.2, 0.25) is 0 Å². The lowest BCUT2D eigenvalue weighted by Gasteiger charge is -1.98. The van der Waals surface area contributed by atoms with Gasteiger partial charge in [-0.2, -0.15) is 0 Å². The summed E-state index contributed by atoms with van der Waals surface area (Å²) in [6.45, 7) is 1.56. The predicted molar refractivity (Wildman–Crippen MR) is 33.8 cm³/mol. The highest BCUT2D eigenvalue weighted by Crippen LogP contribution is 2.34. The van der Waals surface area contributed by atoms with Crippen LogP contribution in [0, 0.1) is 0 Å². The third kappa shape index (κ3) is 17.9. The van der Waals surface area contributed by atoms with Gasteiger partial charge < -0.3 is 15.5 Å². The maximum absolute atomic E-state index is 9.70. The first-order valence-electron chi connectivity index (χ1n) is 2.34. The van der Waals surface area contributed by atoms with E-state index in [4.69, 9.17) is 9.79 Å². The molecule has 0 unspecified atom stereocenters. The van der Waals surface area contributed by atoms with Crippen LogP contribution in [0.5, 0.6) is 0 Å². The summed E-state index contributed by atoms with van der Waals surface area (Å²) in [4.78, 5) is 15.8. The number of phosphoric acid groups is 1. The van der Waals surface area contributed by atoms with Crippen molar-refractivity contribution in [2.24, 2.45) is 5.73 Å². The van der Waals surface area contributed by atoms with Crippen LogP contribution in [-0.2, 0) is 9.09 Å². The van der Waals surface area contributed by atoms with Gasteiger partial charge in [0.2, 0.25) is 0 Å². The van der Waals surface area contributed by atoms with Crippen LogP contribution in [0.15, 0.2) is 0 Å². The van der Waals surface area contributed by atoms with E-state index in [9.17, 15) is 4.57 Å². The van der Waals surface area contributed by atoms with Crippen molar-refractivity contribution < 1.29 is 18.9 Å². The molecule has 0 aliphatic rings. The van der Waals surface area contributed by atoms with Crippen molar-refractivity contribution in [2.45, 2.75) is 6.92 Å². The summed E-state index contributed by atoms with van der Waals surface area (Å²) >= 11 is 0. The molecule has 0 bridgehead atoms. The second kappa shape index (κ2) is 6.19. The van der Waals surface area contributed by atoms with Gasteiger partial charge in [0, 0.05) is 0 Å². The Morgan fingerprint density at radius 1 is 1.56 bits per heavy atom. The Morgan fingerprint density at radius 2 is 1.89 bits per heavy atom. The second-order valence-corrected chi connectivity index (χ2v) is 2.15. The Kier molecular flexibility index (Phi) is 8.13. The van der Waals surface area contributed by atoms with E-state index in [2.05, 4.69) is 10.3 Å². The maximum atomic E-state index is 9.70. The molecule has 0 aliphatic heterocycles. The first kappa shape index (κ1) is 11.8. The summed E-state index contributed by atoms with van der Waals surface area (Å²) in [5.41, 5.74) is 4.50. The summed E-state index contributed by atoms with van der Waals surface area (Å²) in [7, 11) is -2.67. The fourth-order valence-electron chi connectivity index (χ4n) is 0.168. The van der Waals surface area contributed by atoms with E-state index in [1.54, 1.807) is 0 Å². The van der Waals surface area contributed by atoms with E-state index in [-0.39, 0.29) is 6.61 Å². The minimum Gasteiger partial charge on any atom is -0.333 e. The minimum absolute atomic E-state index is 0.0459. The first-order chi connectivity index (χ1) is 4.06. The predicted octanol–water partition coefficient (Wildman–Crippen LogP) is -0.310. The highest BCUT2D eigenvalue weighted by Gasteiger charge is 2.10. The molecule has 0 amide bonds. The average Bonchev–Trinajstić information content (AvgIpc) is 1.69. The number of nitrogens with two attached hydrogens (primary N) is 1.